The van der Waals surface area contributed by atoms with Crippen molar-refractivity contribution in [2.45, 2.75) is 6.92 Å². The second-order valence-corrected chi connectivity index (χ2v) is 10.2. The Kier molecular flexibility index (Phi) is 7.62. The molecule has 192 valence electrons. The van der Waals surface area contributed by atoms with Gasteiger partial charge in [-0.1, -0.05) is 46.3 Å². The number of aliphatic imine (C=N–C) groups is 1. The summed E-state index contributed by atoms with van der Waals surface area (Å²) < 4.78 is 18.0. The largest absolute Gasteiger partial charge is 0.493 e. The molecule has 2 aliphatic heterocycles. The number of thioether (sulfide) groups is 1. The number of rotatable bonds is 8. The number of hydrazone groups is 1. The third kappa shape index (κ3) is 5.51. The van der Waals surface area contributed by atoms with E-state index in [1.54, 1.807) is 31.4 Å². The van der Waals surface area contributed by atoms with E-state index in [1.807, 2.05) is 55.5 Å². The zero-order valence-corrected chi connectivity index (χ0v) is 23.0. The highest BCUT2D eigenvalue weighted by Crippen LogP contribution is 2.33. The number of carbonyl (C=O) groups excluding carboxylic acids is 1. The predicted molar refractivity (Wildman–Crippen MR) is 153 cm³/mol. The Morgan fingerprint density at radius 3 is 2.55 bits per heavy atom. The number of aryl methyl sites for hydroxylation is 1. The van der Waals surface area contributed by atoms with Crippen molar-refractivity contribution >= 4 is 55.7 Å². The summed E-state index contributed by atoms with van der Waals surface area (Å²) in [5.41, 5.74) is 2.81. The molecule has 0 bridgehead atoms. The quantitative estimate of drug-likeness (QED) is 0.259. The molecule has 8 nitrogen and oxygen atoms in total. The van der Waals surface area contributed by atoms with Gasteiger partial charge >= 0.3 is 0 Å². The normalized spacial score (nSPS) is 15.8. The first-order valence-corrected chi connectivity index (χ1v) is 13.3. The number of carbonyl (C=O) groups is 1. The first-order valence-electron chi connectivity index (χ1n) is 11.7. The third-order valence-corrected chi connectivity index (χ3v) is 7.22. The second kappa shape index (κ2) is 11.2. The highest BCUT2D eigenvalue weighted by molar-refractivity contribution is 9.10. The fraction of sp³-hybridized carbons (Fsp3) is 0.143. The van der Waals surface area contributed by atoms with Crippen LogP contribution >= 0.6 is 27.7 Å². The molecule has 3 aromatic rings. The van der Waals surface area contributed by atoms with E-state index in [9.17, 15) is 4.79 Å². The third-order valence-electron chi connectivity index (χ3n) is 5.75. The fourth-order valence-electron chi connectivity index (χ4n) is 3.82. The molecule has 0 unspecified atom stereocenters. The maximum absolute atomic E-state index is 12.8. The first kappa shape index (κ1) is 25.7. The zero-order valence-electron chi connectivity index (χ0n) is 20.6. The van der Waals surface area contributed by atoms with E-state index in [0.717, 1.165) is 21.3 Å². The number of benzene rings is 3. The second-order valence-electron chi connectivity index (χ2n) is 8.30. The smallest absolute Gasteiger partial charge is 0.283 e. The van der Waals surface area contributed by atoms with Crippen molar-refractivity contribution in [2.24, 2.45) is 10.1 Å². The van der Waals surface area contributed by atoms with Gasteiger partial charge in [-0.2, -0.15) is 15.1 Å². The maximum atomic E-state index is 12.8. The molecule has 0 fully saturated rings. The van der Waals surface area contributed by atoms with Crippen LogP contribution in [0.15, 0.2) is 86.9 Å². The SMILES string of the molecule is COc1cc(C=C2C(=N)N3N=C(c4ccccc4C)SC3=NC2=O)ccc1OCCOc1ccc(Br)cc1. The summed E-state index contributed by atoms with van der Waals surface area (Å²) in [7, 11) is 1.55. The van der Waals surface area contributed by atoms with Gasteiger partial charge in [0, 0.05) is 10.0 Å². The number of nitrogens with one attached hydrogen (secondary N) is 1. The lowest BCUT2D eigenvalue weighted by Crippen LogP contribution is -2.35. The van der Waals surface area contributed by atoms with Crippen LogP contribution in [0.2, 0.25) is 0 Å². The summed E-state index contributed by atoms with van der Waals surface area (Å²) in [5, 5.41) is 15.7. The average Bonchev–Trinajstić information content (AvgIpc) is 3.34. The van der Waals surface area contributed by atoms with E-state index in [-0.39, 0.29) is 11.4 Å². The van der Waals surface area contributed by atoms with Crippen LogP contribution in [-0.2, 0) is 4.79 Å². The highest BCUT2D eigenvalue weighted by Gasteiger charge is 2.36. The molecule has 10 heteroatoms. The number of methoxy groups -OCH3 is 1. The molecule has 0 saturated carbocycles. The Labute approximate surface area is 232 Å². The van der Waals surface area contributed by atoms with Crippen LogP contribution in [0.1, 0.15) is 16.7 Å². The lowest BCUT2D eigenvalue weighted by molar-refractivity contribution is -0.114. The minimum Gasteiger partial charge on any atom is -0.493 e. The molecule has 38 heavy (non-hydrogen) atoms. The molecule has 0 aliphatic carbocycles. The number of ether oxygens (including phenoxy) is 3. The Bertz CT molecular complexity index is 1500. The zero-order chi connectivity index (χ0) is 26.6. The van der Waals surface area contributed by atoms with Crippen LogP contribution in [-0.4, -0.2) is 47.3 Å². The molecule has 1 N–H and O–H groups in total. The standard InChI is InChI=1S/C28H23BrN4O4S/c1-17-5-3-4-6-21(17)27-32-33-25(30)22(26(34)31-28(33)38-27)15-18-7-12-23(24(16-18)35-2)37-14-13-36-20-10-8-19(29)9-11-20/h3-12,15-16,30H,13-14H2,1-2H3. The Hall–Kier alpha value is -3.89. The van der Waals surface area contributed by atoms with Gasteiger partial charge < -0.3 is 14.2 Å². The lowest BCUT2D eigenvalue weighted by atomic mass is 10.1. The lowest BCUT2D eigenvalue weighted by Gasteiger charge is -2.20. The van der Waals surface area contributed by atoms with Crippen LogP contribution in [0.3, 0.4) is 0 Å². The molecular formula is C28H23BrN4O4S. The summed E-state index contributed by atoms with van der Waals surface area (Å²) in [5.74, 6) is 1.28. The summed E-state index contributed by atoms with van der Waals surface area (Å²) in [4.78, 5) is 17.0. The van der Waals surface area contributed by atoms with Gasteiger partial charge in [-0.15, -0.1) is 0 Å². The molecule has 0 saturated heterocycles. The van der Waals surface area contributed by atoms with Crippen molar-refractivity contribution < 1.29 is 19.0 Å². The molecule has 5 rings (SSSR count). The molecule has 3 aromatic carbocycles. The van der Waals surface area contributed by atoms with Crippen molar-refractivity contribution in [2.75, 3.05) is 20.3 Å². The molecule has 1 amide bonds. The minimum absolute atomic E-state index is 0.0273. The van der Waals surface area contributed by atoms with E-state index in [0.29, 0.717) is 40.5 Å². The number of hydrogen-bond acceptors (Lipinski definition) is 7. The molecule has 2 aliphatic rings. The van der Waals surface area contributed by atoms with Gasteiger partial charge in [0.05, 0.1) is 12.7 Å². The number of nitrogens with zero attached hydrogens (tertiary/aromatic N) is 3. The molecular weight excluding hydrogens is 568 g/mol. The van der Waals surface area contributed by atoms with Crippen LogP contribution in [0.5, 0.6) is 17.2 Å². The molecule has 0 spiro atoms. The monoisotopic (exact) mass is 590 g/mol. The number of amides is 1. The van der Waals surface area contributed by atoms with Gasteiger partial charge in [0.25, 0.3) is 5.91 Å². The van der Waals surface area contributed by atoms with E-state index in [1.165, 1.54) is 16.8 Å². The van der Waals surface area contributed by atoms with Gasteiger partial charge in [-0.25, -0.2) is 0 Å². The molecule has 2 heterocycles. The average molecular weight is 591 g/mol. The van der Waals surface area contributed by atoms with Gasteiger partial charge in [-0.3, -0.25) is 10.2 Å². The summed E-state index contributed by atoms with van der Waals surface area (Å²) in [6, 6.07) is 20.7. The highest BCUT2D eigenvalue weighted by atomic mass is 79.9. The number of fused-ring (bicyclic) bond motifs is 1. The van der Waals surface area contributed by atoms with Crippen LogP contribution in [0.25, 0.3) is 6.08 Å². The van der Waals surface area contributed by atoms with Gasteiger partial charge in [0.15, 0.2) is 17.3 Å². The van der Waals surface area contributed by atoms with E-state index in [4.69, 9.17) is 19.6 Å². The Morgan fingerprint density at radius 1 is 1.03 bits per heavy atom. The Morgan fingerprint density at radius 2 is 1.79 bits per heavy atom. The predicted octanol–water partition coefficient (Wildman–Crippen LogP) is 5.89. The van der Waals surface area contributed by atoms with Crippen molar-refractivity contribution in [3.63, 3.8) is 0 Å². The number of halogens is 1. The van der Waals surface area contributed by atoms with Gasteiger partial charge in [0.1, 0.15) is 24.0 Å². The minimum atomic E-state index is -0.487. The van der Waals surface area contributed by atoms with Crippen LogP contribution in [0, 0.1) is 12.3 Å². The first-order chi connectivity index (χ1) is 18.4. The van der Waals surface area contributed by atoms with Crippen LogP contribution < -0.4 is 14.2 Å². The van der Waals surface area contributed by atoms with Crippen LogP contribution in [0.4, 0.5) is 0 Å². The summed E-state index contributed by atoms with van der Waals surface area (Å²) >= 11 is 4.68. The van der Waals surface area contributed by atoms with E-state index in [2.05, 4.69) is 26.0 Å². The van der Waals surface area contributed by atoms with Crippen molar-refractivity contribution in [1.29, 1.82) is 5.41 Å². The number of amidine groups is 2. The van der Waals surface area contributed by atoms with Gasteiger partial charge in [-0.05, 0) is 72.3 Å². The number of hydrogen-bond donors (Lipinski definition) is 1. The fourth-order valence-corrected chi connectivity index (χ4v) is 5.06. The van der Waals surface area contributed by atoms with Crippen molar-refractivity contribution in [3.8, 4) is 17.2 Å². The Balaban J connectivity index is 1.29. The van der Waals surface area contributed by atoms with Gasteiger partial charge in [0.2, 0.25) is 5.17 Å². The molecule has 0 atom stereocenters. The van der Waals surface area contributed by atoms with Crippen molar-refractivity contribution in [3.05, 3.63) is 93.5 Å². The van der Waals surface area contributed by atoms with E-state index >= 15 is 0 Å². The summed E-state index contributed by atoms with van der Waals surface area (Å²) in [6.45, 7) is 2.68. The summed E-state index contributed by atoms with van der Waals surface area (Å²) in [6.07, 6.45) is 1.61. The van der Waals surface area contributed by atoms with E-state index < -0.39 is 5.91 Å². The molecule has 0 aromatic heterocycles. The maximum Gasteiger partial charge on any atom is 0.283 e. The molecule has 0 radical (unpaired) electrons. The topological polar surface area (TPSA) is 96.6 Å². The van der Waals surface area contributed by atoms with Crippen molar-refractivity contribution in [1.82, 2.24) is 5.01 Å².